The van der Waals surface area contributed by atoms with Crippen molar-refractivity contribution < 1.29 is 15.0 Å². The van der Waals surface area contributed by atoms with Crippen LogP contribution in [0, 0.1) is 0 Å². The molecule has 0 aliphatic carbocycles. The summed E-state index contributed by atoms with van der Waals surface area (Å²) in [5.74, 6) is -0.0734. The molecule has 5 heteroatoms. The highest BCUT2D eigenvalue weighted by atomic mass is 16.3. The van der Waals surface area contributed by atoms with E-state index in [0.29, 0.717) is 19.6 Å². The number of hydrogen-bond donors (Lipinski definition) is 4. The summed E-state index contributed by atoms with van der Waals surface area (Å²) in [4.78, 5) is 10.4. The van der Waals surface area contributed by atoms with Gasteiger partial charge in [0.2, 0.25) is 5.91 Å². The van der Waals surface area contributed by atoms with Gasteiger partial charge in [-0.05, 0) is 6.92 Å². The maximum Gasteiger partial charge on any atom is 0.216 e. The van der Waals surface area contributed by atoms with Gasteiger partial charge in [0.25, 0.3) is 0 Å². The van der Waals surface area contributed by atoms with E-state index in [2.05, 4.69) is 10.6 Å². The van der Waals surface area contributed by atoms with E-state index in [-0.39, 0.29) is 12.5 Å². The summed E-state index contributed by atoms with van der Waals surface area (Å²) in [6.45, 7) is 4.12. The van der Waals surface area contributed by atoms with Gasteiger partial charge in [0, 0.05) is 26.6 Å². The molecular formula is C8H18N2O3. The Balaban J connectivity index is 3.30. The van der Waals surface area contributed by atoms with Crippen LogP contribution in [-0.4, -0.2) is 48.0 Å². The predicted octanol–water partition coefficient (Wildman–Crippen LogP) is -1.54. The van der Waals surface area contributed by atoms with Crippen molar-refractivity contribution in [3.05, 3.63) is 0 Å². The average molecular weight is 190 g/mol. The largest absolute Gasteiger partial charge is 0.393 e. The molecule has 0 aromatic carbocycles. The van der Waals surface area contributed by atoms with Crippen LogP contribution < -0.4 is 10.6 Å². The number of nitrogens with one attached hydrogen (secondary N) is 2. The zero-order valence-corrected chi connectivity index (χ0v) is 8.13. The molecule has 0 aliphatic heterocycles. The van der Waals surface area contributed by atoms with Crippen LogP contribution >= 0.6 is 0 Å². The quantitative estimate of drug-likeness (QED) is 0.382. The summed E-state index contributed by atoms with van der Waals surface area (Å²) in [5, 5.41) is 23.5. The maximum atomic E-state index is 10.4. The van der Waals surface area contributed by atoms with E-state index in [0.717, 1.165) is 0 Å². The molecule has 0 aliphatic rings. The standard InChI is InChI=1S/C8H18N2O3/c1-7(12)10-4-3-9-5-8(2,13)6-11/h9,11,13H,3-6H2,1-2H3,(H,10,12). The lowest BCUT2D eigenvalue weighted by atomic mass is 10.1. The van der Waals surface area contributed by atoms with E-state index in [1.807, 2.05) is 0 Å². The molecule has 5 nitrogen and oxygen atoms in total. The number of rotatable bonds is 6. The molecule has 1 unspecified atom stereocenters. The molecule has 0 aromatic rings. The molecule has 4 N–H and O–H groups in total. The molecule has 0 rings (SSSR count). The van der Waals surface area contributed by atoms with Crippen LogP contribution in [0.15, 0.2) is 0 Å². The predicted molar refractivity (Wildman–Crippen MR) is 49.3 cm³/mol. The number of amides is 1. The highest BCUT2D eigenvalue weighted by molar-refractivity contribution is 5.72. The zero-order valence-electron chi connectivity index (χ0n) is 8.13. The lowest BCUT2D eigenvalue weighted by Crippen LogP contribution is -2.43. The molecule has 1 amide bonds. The molecule has 13 heavy (non-hydrogen) atoms. The van der Waals surface area contributed by atoms with Crippen molar-refractivity contribution in [2.75, 3.05) is 26.2 Å². The molecule has 0 aromatic heterocycles. The fourth-order valence-electron chi connectivity index (χ4n) is 0.740. The molecule has 0 fully saturated rings. The molecule has 0 radical (unpaired) electrons. The number of aliphatic hydroxyl groups is 2. The van der Waals surface area contributed by atoms with Crippen LogP contribution in [0.5, 0.6) is 0 Å². The Labute approximate surface area is 78.1 Å². The van der Waals surface area contributed by atoms with Crippen LogP contribution in [0.25, 0.3) is 0 Å². The minimum absolute atomic E-state index is 0.0734. The van der Waals surface area contributed by atoms with Gasteiger partial charge in [0.05, 0.1) is 12.2 Å². The molecule has 0 heterocycles. The van der Waals surface area contributed by atoms with E-state index >= 15 is 0 Å². The van der Waals surface area contributed by atoms with Gasteiger partial charge in [-0.15, -0.1) is 0 Å². The highest BCUT2D eigenvalue weighted by Gasteiger charge is 2.17. The van der Waals surface area contributed by atoms with Crippen LogP contribution in [0.1, 0.15) is 13.8 Å². The van der Waals surface area contributed by atoms with E-state index in [9.17, 15) is 9.90 Å². The second kappa shape index (κ2) is 5.90. The van der Waals surface area contributed by atoms with Gasteiger partial charge in [-0.25, -0.2) is 0 Å². The molecule has 78 valence electrons. The summed E-state index contributed by atoms with van der Waals surface area (Å²) < 4.78 is 0. The second-order valence-corrected chi connectivity index (χ2v) is 3.31. The number of carbonyl (C=O) groups is 1. The Morgan fingerprint density at radius 1 is 1.46 bits per heavy atom. The highest BCUT2D eigenvalue weighted by Crippen LogP contribution is 1.97. The van der Waals surface area contributed by atoms with Crippen LogP contribution in [0.4, 0.5) is 0 Å². The van der Waals surface area contributed by atoms with Crippen LogP contribution in [0.2, 0.25) is 0 Å². The second-order valence-electron chi connectivity index (χ2n) is 3.31. The lowest BCUT2D eigenvalue weighted by molar-refractivity contribution is -0.118. The normalized spacial score (nSPS) is 15.1. The Morgan fingerprint density at radius 2 is 2.08 bits per heavy atom. The summed E-state index contributed by atoms with van der Waals surface area (Å²) in [7, 11) is 0. The van der Waals surface area contributed by atoms with Crippen molar-refractivity contribution in [2.45, 2.75) is 19.4 Å². The van der Waals surface area contributed by atoms with E-state index < -0.39 is 5.60 Å². The lowest BCUT2D eigenvalue weighted by Gasteiger charge is -2.20. The summed E-state index contributed by atoms with van der Waals surface area (Å²) in [6.07, 6.45) is 0. The number of aliphatic hydroxyl groups excluding tert-OH is 1. The van der Waals surface area contributed by atoms with Gasteiger partial charge in [-0.1, -0.05) is 0 Å². The first-order chi connectivity index (χ1) is 5.98. The molecule has 0 saturated heterocycles. The molecule has 1 atom stereocenters. The molecule has 0 bridgehead atoms. The Morgan fingerprint density at radius 3 is 2.54 bits per heavy atom. The van der Waals surface area contributed by atoms with Gasteiger partial charge >= 0.3 is 0 Å². The van der Waals surface area contributed by atoms with E-state index in [1.54, 1.807) is 6.92 Å². The topological polar surface area (TPSA) is 81.6 Å². The average Bonchev–Trinajstić information content (AvgIpc) is 2.03. The fourth-order valence-corrected chi connectivity index (χ4v) is 0.740. The fraction of sp³-hybridized carbons (Fsp3) is 0.875. The summed E-state index contributed by atoms with van der Waals surface area (Å²) >= 11 is 0. The first-order valence-corrected chi connectivity index (χ1v) is 4.26. The minimum Gasteiger partial charge on any atom is -0.393 e. The van der Waals surface area contributed by atoms with E-state index in [4.69, 9.17) is 5.11 Å². The smallest absolute Gasteiger partial charge is 0.216 e. The Bertz CT molecular complexity index is 159. The monoisotopic (exact) mass is 190 g/mol. The van der Waals surface area contributed by atoms with Crippen molar-refractivity contribution in [2.24, 2.45) is 0 Å². The number of carbonyl (C=O) groups excluding carboxylic acids is 1. The third-order valence-electron chi connectivity index (χ3n) is 1.52. The molecule has 0 saturated carbocycles. The van der Waals surface area contributed by atoms with Crippen molar-refractivity contribution in [1.82, 2.24) is 10.6 Å². The van der Waals surface area contributed by atoms with Gasteiger partial charge in [-0.3, -0.25) is 4.79 Å². The van der Waals surface area contributed by atoms with Gasteiger partial charge in [0.1, 0.15) is 0 Å². The van der Waals surface area contributed by atoms with Gasteiger partial charge < -0.3 is 20.8 Å². The third kappa shape index (κ3) is 7.70. The maximum absolute atomic E-state index is 10.4. The van der Waals surface area contributed by atoms with Crippen molar-refractivity contribution in [3.63, 3.8) is 0 Å². The van der Waals surface area contributed by atoms with Crippen LogP contribution in [-0.2, 0) is 4.79 Å². The van der Waals surface area contributed by atoms with Crippen LogP contribution in [0.3, 0.4) is 0 Å². The summed E-state index contributed by atoms with van der Waals surface area (Å²) in [6, 6.07) is 0. The third-order valence-corrected chi connectivity index (χ3v) is 1.52. The van der Waals surface area contributed by atoms with Crippen molar-refractivity contribution in [3.8, 4) is 0 Å². The molecule has 0 spiro atoms. The number of hydrogen-bond acceptors (Lipinski definition) is 4. The van der Waals surface area contributed by atoms with Crippen molar-refractivity contribution >= 4 is 5.91 Å². The Hall–Kier alpha value is -0.650. The van der Waals surface area contributed by atoms with Crippen molar-refractivity contribution in [1.29, 1.82) is 0 Å². The first kappa shape index (κ1) is 12.3. The van der Waals surface area contributed by atoms with Gasteiger partial charge in [0.15, 0.2) is 0 Å². The van der Waals surface area contributed by atoms with E-state index in [1.165, 1.54) is 6.92 Å². The zero-order chi connectivity index (χ0) is 10.3. The minimum atomic E-state index is -1.09. The molecular weight excluding hydrogens is 172 g/mol. The first-order valence-electron chi connectivity index (χ1n) is 4.26. The summed E-state index contributed by atoms with van der Waals surface area (Å²) in [5.41, 5.74) is -1.09. The SMILES string of the molecule is CC(=O)NCCNCC(C)(O)CO. The van der Waals surface area contributed by atoms with Gasteiger partial charge in [-0.2, -0.15) is 0 Å². The Kier molecular flexibility index (Phi) is 5.61.